The minimum absolute atomic E-state index is 0.0773. The van der Waals surface area contributed by atoms with Crippen molar-refractivity contribution in [1.29, 1.82) is 0 Å². The van der Waals surface area contributed by atoms with Crippen LogP contribution in [-0.2, 0) is 6.18 Å². The lowest BCUT2D eigenvalue weighted by molar-refractivity contribution is -0.137. The van der Waals surface area contributed by atoms with Crippen LogP contribution in [-0.4, -0.2) is 13.7 Å². The molecule has 1 aliphatic heterocycles. The Morgan fingerprint density at radius 1 is 1.26 bits per heavy atom. The Hall–Kier alpha value is -1.23. The average molecular weight is 273 g/mol. The van der Waals surface area contributed by atoms with Gasteiger partial charge in [0.15, 0.2) is 0 Å². The summed E-state index contributed by atoms with van der Waals surface area (Å²) >= 11 is 0. The van der Waals surface area contributed by atoms with Crippen LogP contribution in [0.5, 0.6) is 5.75 Å². The zero-order valence-electron chi connectivity index (χ0n) is 11.1. The third-order valence-electron chi connectivity index (χ3n) is 3.60. The standard InChI is InChI=1S/C14H18F3NO/c1-9-3-6-12(18-8-9)11-5-4-10(14(15,16)17)7-13(11)19-2/h4-5,7,9,12,18H,3,6,8H2,1-2H3/t9-,12-/m1/s1. The Kier molecular flexibility index (Phi) is 4.04. The van der Waals surface area contributed by atoms with Crippen molar-refractivity contribution in [2.45, 2.75) is 32.0 Å². The van der Waals surface area contributed by atoms with Crippen molar-refractivity contribution in [3.63, 3.8) is 0 Å². The van der Waals surface area contributed by atoms with Gasteiger partial charge in [-0.3, -0.25) is 0 Å². The van der Waals surface area contributed by atoms with Crippen LogP contribution in [0.15, 0.2) is 18.2 Å². The molecule has 2 nitrogen and oxygen atoms in total. The number of halogens is 3. The quantitative estimate of drug-likeness (QED) is 0.885. The molecule has 0 amide bonds. The van der Waals surface area contributed by atoms with Gasteiger partial charge in [-0.25, -0.2) is 0 Å². The lowest BCUT2D eigenvalue weighted by Crippen LogP contribution is -2.32. The van der Waals surface area contributed by atoms with Crippen LogP contribution < -0.4 is 10.1 Å². The summed E-state index contributed by atoms with van der Waals surface area (Å²) in [5.41, 5.74) is 0.139. The number of nitrogens with one attached hydrogen (secondary N) is 1. The van der Waals surface area contributed by atoms with E-state index in [4.69, 9.17) is 4.74 Å². The third-order valence-corrected chi connectivity index (χ3v) is 3.60. The van der Waals surface area contributed by atoms with Gasteiger partial charge in [-0.05, 0) is 37.4 Å². The molecule has 1 aromatic carbocycles. The second-order valence-corrected chi connectivity index (χ2v) is 5.10. The number of piperidine rings is 1. The van der Waals surface area contributed by atoms with E-state index in [9.17, 15) is 13.2 Å². The van der Waals surface area contributed by atoms with Crippen LogP contribution >= 0.6 is 0 Å². The SMILES string of the molecule is COc1cc(C(F)(F)F)ccc1[C@H]1CC[C@@H](C)CN1. The van der Waals surface area contributed by atoms with Crippen LogP contribution in [0.25, 0.3) is 0 Å². The molecule has 0 bridgehead atoms. The van der Waals surface area contributed by atoms with E-state index < -0.39 is 11.7 Å². The van der Waals surface area contributed by atoms with Gasteiger partial charge in [-0.15, -0.1) is 0 Å². The zero-order chi connectivity index (χ0) is 14.0. The fourth-order valence-corrected chi connectivity index (χ4v) is 2.44. The Labute approximate surface area is 111 Å². The zero-order valence-corrected chi connectivity index (χ0v) is 11.1. The van der Waals surface area contributed by atoms with Crippen LogP contribution in [0.3, 0.4) is 0 Å². The summed E-state index contributed by atoms with van der Waals surface area (Å²) in [7, 11) is 1.41. The molecule has 0 aromatic heterocycles. The predicted octanol–water partition coefficient (Wildman–Crippen LogP) is 3.77. The van der Waals surface area contributed by atoms with E-state index in [2.05, 4.69) is 12.2 Å². The molecule has 106 valence electrons. The molecule has 1 N–H and O–H groups in total. The van der Waals surface area contributed by atoms with Crippen LogP contribution in [0.4, 0.5) is 13.2 Å². The van der Waals surface area contributed by atoms with Gasteiger partial charge in [0.2, 0.25) is 0 Å². The number of methoxy groups -OCH3 is 1. The highest BCUT2D eigenvalue weighted by Gasteiger charge is 2.32. The van der Waals surface area contributed by atoms with Crippen LogP contribution in [0, 0.1) is 5.92 Å². The first-order chi connectivity index (χ1) is 8.91. The fraction of sp³-hybridized carbons (Fsp3) is 0.571. The van der Waals surface area contributed by atoms with Crippen LogP contribution in [0.2, 0.25) is 0 Å². The number of alkyl halides is 3. The van der Waals surface area contributed by atoms with Crippen molar-refractivity contribution in [1.82, 2.24) is 5.32 Å². The van der Waals surface area contributed by atoms with E-state index in [-0.39, 0.29) is 6.04 Å². The largest absolute Gasteiger partial charge is 0.496 e. The predicted molar refractivity (Wildman–Crippen MR) is 67.1 cm³/mol. The lowest BCUT2D eigenvalue weighted by atomic mass is 9.91. The first-order valence-electron chi connectivity index (χ1n) is 6.40. The van der Waals surface area contributed by atoms with Crippen molar-refractivity contribution in [3.8, 4) is 5.75 Å². The Bertz CT molecular complexity index is 437. The molecule has 1 saturated heterocycles. The molecule has 1 heterocycles. The maximum absolute atomic E-state index is 12.7. The van der Waals surface area contributed by atoms with Crippen molar-refractivity contribution >= 4 is 0 Å². The first-order valence-corrected chi connectivity index (χ1v) is 6.40. The van der Waals surface area contributed by atoms with Gasteiger partial charge in [0.05, 0.1) is 12.7 Å². The lowest BCUT2D eigenvalue weighted by Gasteiger charge is -2.29. The molecule has 1 fully saturated rings. The number of ether oxygens (including phenoxy) is 1. The minimum Gasteiger partial charge on any atom is -0.496 e. The molecule has 0 saturated carbocycles. The second kappa shape index (κ2) is 5.41. The first kappa shape index (κ1) is 14.2. The van der Waals surface area contributed by atoms with Crippen molar-refractivity contribution in [3.05, 3.63) is 29.3 Å². The summed E-state index contributed by atoms with van der Waals surface area (Å²) in [6.07, 6.45) is -2.34. The van der Waals surface area contributed by atoms with E-state index in [1.54, 1.807) is 0 Å². The monoisotopic (exact) mass is 273 g/mol. The Morgan fingerprint density at radius 3 is 2.53 bits per heavy atom. The molecule has 19 heavy (non-hydrogen) atoms. The number of rotatable bonds is 2. The molecular formula is C14H18F3NO. The third kappa shape index (κ3) is 3.21. The summed E-state index contributed by atoms with van der Waals surface area (Å²) in [5.74, 6) is 0.915. The topological polar surface area (TPSA) is 21.3 Å². The summed E-state index contributed by atoms with van der Waals surface area (Å²) < 4.78 is 43.1. The van der Waals surface area contributed by atoms with Gasteiger partial charge in [0.25, 0.3) is 0 Å². The molecule has 1 aromatic rings. The van der Waals surface area contributed by atoms with Crippen molar-refractivity contribution in [2.75, 3.05) is 13.7 Å². The maximum atomic E-state index is 12.7. The highest BCUT2D eigenvalue weighted by Crippen LogP contribution is 2.37. The number of benzene rings is 1. The minimum atomic E-state index is -4.33. The van der Waals surface area contributed by atoms with E-state index in [0.29, 0.717) is 11.7 Å². The highest BCUT2D eigenvalue weighted by molar-refractivity contribution is 5.40. The number of hydrogen-bond donors (Lipinski definition) is 1. The van der Waals surface area contributed by atoms with Gasteiger partial charge in [-0.2, -0.15) is 13.2 Å². The van der Waals surface area contributed by atoms with Gasteiger partial charge < -0.3 is 10.1 Å². The van der Waals surface area contributed by atoms with E-state index in [0.717, 1.165) is 37.1 Å². The fourth-order valence-electron chi connectivity index (χ4n) is 2.44. The van der Waals surface area contributed by atoms with E-state index >= 15 is 0 Å². The molecule has 5 heteroatoms. The molecule has 0 radical (unpaired) electrons. The Balaban J connectivity index is 2.26. The van der Waals surface area contributed by atoms with Crippen molar-refractivity contribution < 1.29 is 17.9 Å². The van der Waals surface area contributed by atoms with E-state index in [1.165, 1.54) is 13.2 Å². The maximum Gasteiger partial charge on any atom is 0.416 e. The molecule has 2 atom stereocenters. The van der Waals surface area contributed by atoms with Gasteiger partial charge in [0, 0.05) is 11.6 Å². The summed E-state index contributed by atoms with van der Waals surface area (Å²) in [6, 6.07) is 3.80. The highest BCUT2D eigenvalue weighted by atomic mass is 19.4. The second-order valence-electron chi connectivity index (χ2n) is 5.10. The smallest absolute Gasteiger partial charge is 0.416 e. The molecular weight excluding hydrogens is 255 g/mol. The van der Waals surface area contributed by atoms with Gasteiger partial charge in [0.1, 0.15) is 5.75 Å². The van der Waals surface area contributed by atoms with Crippen molar-refractivity contribution in [2.24, 2.45) is 5.92 Å². The molecule has 1 aliphatic rings. The molecule has 0 aliphatic carbocycles. The molecule has 0 spiro atoms. The average Bonchev–Trinajstić information content (AvgIpc) is 2.38. The summed E-state index contributed by atoms with van der Waals surface area (Å²) in [4.78, 5) is 0. The normalized spacial score (nSPS) is 24.3. The summed E-state index contributed by atoms with van der Waals surface area (Å²) in [6.45, 7) is 3.04. The van der Waals surface area contributed by atoms with Crippen LogP contribution in [0.1, 0.15) is 36.9 Å². The van der Waals surface area contributed by atoms with E-state index in [1.807, 2.05) is 0 Å². The molecule has 2 rings (SSSR count). The Morgan fingerprint density at radius 2 is 2.00 bits per heavy atom. The van der Waals surface area contributed by atoms with Gasteiger partial charge >= 0.3 is 6.18 Å². The summed E-state index contributed by atoms with van der Waals surface area (Å²) in [5, 5.41) is 3.36. The van der Waals surface area contributed by atoms with Gasteiger partial charge in [-0.1, -0.05) is 13.0 Å². The number of hydrogen-bond acceptors (Lipinski definition) is 2. The molecule has 0 unspecified atom stereocenters.